The summed E-state index contributed by atoms with van der Waals surface area (Å²) in [5.41, 5.74) is 3.78. The van der Waals surface area contributed by atoms with Crippen LogP contribution in [0.15, 0.2) is 40.9 Å². The Kier molecular flexibility index (Phi) is 6.79. The number of halogens is 2. The first kappa shape index (κ1) is 23.0. The van der Waals surface area contributed by atoms with E-state index >= 15 is 0 Å². The third-order valence-electron chi connectivity index (χ3n) is 5.23. The molecule has 0 bridgehead atoms. The lowest BCUT2D eigenvalue weighted by molar-refractivity contribution is -0.142. The zero-order chi connectivity index (χ0) is 23.5. The Labute approximate surface area is 196 Å². The number of aromatic nitrogens is 2. The number of rotatable bonds is 8. The molecule has 0 atom stereocenters. The van der Waals surface area contributed by atoms with E-state index in [1.54, 1.807) is 25.1 Å². The lowest BCUT2D eigenvalue weighted by Gasteiger charge is -2.11. The summed E-state index contributed by atoms with van der Waals surface area (Å²) in [7, 11) is 0. The summed E-state index contributed by atoms with van der Waals surface area (Å²) in [6, 6.07) is 8.12. The van der Waals surface area contributed by atoms with Crippen LogP contribution < -0.4 is 4.74 Å². The van der Waals surface area contributed by atoms with Crippen LogP contribution in [0.4, 0.5) is 4.39 Å². The summed E-state index contributed by atoms with van der Waals surface area (Å²) in [4.78, 5) is 16.2. The van der Waals surface area contributed by atoms with Crippen LogP contribution in [-0.4, -0.2) is 28.8 Å². The molecule has 0 saturated heterocycles. The number of carbonyl (C=O) groups is 1. The third kappa shape index (κ3) is 5.09. The number of nitrogens with zero attached hydrogens (tertiary/aromatic N) is 2. The van der Waals surface area contributed by atoms with E-state index < -0.39 is 5.82 Å². The summed E-state index contributed by atoms with van der Waals surface area (Å²) in [6.07, 6.45) is 3.32. The number of fused-ring (bicyclic) bond motifs is 1. The maximum atomic E-state index is 14.5. The van der Waals surface area contributed by atoms with Crippen LogP contribution in [0.1, 0.15) is 44.7 Å². The van der Waals surface area contributed by atoms with Gasteiger partial charge in [-0.25, -0.2) is 4.39 Å². The minimum Gasteiger partial charge on any atom is -0.489 e. The van der Waals surface area contributed by atoms with E-state index in [0.717, 1.165) is 16.7 Å². The number of hydrogen-bond acceptors (Lipinski definition) is 6. The molecule has 0 radical (unpaired) electrons. The van der Waals surface area contributed by atoms with Gasteiger partial charge in [-0.2, -0.15) is 4.98 Å². The molecule has 1 aliphatic rings. The number of carbonyl (C=O) groups excluding carboxylic acids is 1. The largest absolute Gasteiger partial charge is 0.489 e. The van der Waals surface area contributed by atoms with Gasteiger partial charge in [-0.05, 0) is 80.6 Å². The lowest BCUT2D eigenvalue weighted by atomic mass is 9.97. The highest BCUT2D eigenvalue weighted by atomic mass is 35.5. The molecule has 2 aromatic carbocycles. The van der Waals surface area contributed by atoms with Crippen molar-refractivity contribution in [1.29, 1.82) is 0 Å². The van der Waals surface area contributed by atoms with Crippen molar-refractivity contribution < 1.29 is 23.2 Å². The molecule has 4 rings (SSSR count). The van der Waals surface area contributed by atoms with Crippen molar-refractivity contribution in [3.8, 4) is 28.6 Å². The molecule has 3 aromatic rings. The van der Waals surface area contributed by atoms with Crippen LogP contribution in [-0.2, 0) is 16.0 Å². The maximum absolute atomic E-state index is 14.5. The molecule has 1 heterocycles. The van der Waals surface area contributed by atoms with Crippen molar-refractivity contribution in [2.24, 2.45) is 0 Å². The van der Waals surface area contributed by atoms with Crippen LogP contribution in [0.5, 0.6) is 5.75 Å². The molecule has 0 unspecified atom stereocenters. The Balaban J connectivity index is 1.59. The molecule has 6 nitrogen and oxygen atoms in total. The van der Waals surface area contributed by atoms with Crippen molar-refractivity contribution in [3.63, 3.8) is 0 Å². The fourth-order valence-corrected chi connectivity index (χ4v) is 4.04. The van der Waals surface area contributed by atoms with Crippen molar-refractivity contribution in [1.82, 2.24) is 10.1 Å². The van der Waals surface area contributed by atoms with Crippen LogP contribution >= 0.6 is 11.6 Å². The van der Waals surface area contributed by atoms with E-state index in [2.05, 4.69) is 10.1 Å². The number of ether oxygens (including phenoxy) is 2. The smallest absolute Gasteiger partial charge is 0.306 e. The molecule has 33 heavy (non-hydrogen) atoms. The van der Waals surface area contributed by atoms with Gasteiger partial charge in [0.05, 0.1) is 17.7 Å². The summed E-state index contributed by atoms with van der Waals surface area (Å²) >= 11 is 6.33. The van der Waals surface area contributed by atoms with Gasteiger partial charge in [0.1, 0.15) is 11.6 Å². The van der Waals surface area contributed by atoms with Crippen LogP contribution in [0, 0.1) is 5.82 Å². The van der Waals surface area contributed by atoms with Gasteiger partial charge in [0.15, 0.2) is 0 Å². The van der Waals surface area contributed by atoms with Gasteiger partial charge in [-0.3, -0.25) is 4.79 Å². The predicted octanol–water partition coefficient (Wildman–Crippen LogP) is 6.27. The third-order valence-corrected chi connectivity index (χ3v) is 5.52. The molecule has 8 heteroatoms. The van der Waals surface area contributed by atoms with Crippen molar-refractivity contribution in [2.75, 3.05) is 6.61 Å². The average Bonchev–Trinajstić information content (AvgIpc) is 3.40. The highest BCUT2D eigenvalue weighted by molar-refractivity contribution is 6.32. The highest BCUT2D eigenvalue weighted by Gasteiger charge is 2.23. The number of esters is 1. The molecule has 1 aliphatic carbocycles. The van der Waals surface area contributed by atoms with Crippen LogP contribution in [0.3, 0.4) is 0 Å². The van der Waals surface area contributed by atoms with E-state index in [0.29, 0.717) is 47.2 Å². The first-order valence-corrected chi connectivity index (χ1v) is 11.2. The minimum absolute atomic E-state index is 0.00535. The Morgan fingerprint density at radius 3 is 2.76 bits per heavy atom. The molecule has 0 aliphatic heterocycles. The van der Waals surface area contributed by atoms with Gasteiger partial charge >= 0.3 is 5.97 Å². The number of hydrogen-bond donors (Lipinski definition) is 0. The Morgan fingerprint density at radius 2 is 2.03 bits per heavy atom. The van der Waals surface area contributed by atoms with Gasteiger partial charge in [0.2, 0.25) is 5.82 Å². The summed E-state index contributed by atoms with van der Waals surface area (Å²) in [6.45, 7) is 5.95. The monoisotopic (exact) mass is 470 g/mol. The van der Waals surface area contributed by atoms with E-state index in [9.17, 15) is 9.18 Å². The van der Waals surface area contributed by atoms with Crippen LogP contribution in [0.2, 0.25) is 5.02 Å². The summed E-state index contributed by atoms with van der Waals surface area (Å²) in [5, 5.41) is 4.51. The zero-order valence-electron chi connectivity index (χ0n) is 18.7. The SMILES string of the molecule is CCOC(=O)CCC1=CCc2c1cc(F)cc2-c1noc(-c2ccc(OC(C)C)c(Cl)c2)n1. The molecule has 0 N–H and O–H groups in total. The number of benzene rings is 2. The fourth-order valence-electron chi connectivity index (χ4n) is 3.82. The van der Waals surface area contributed by atoms with E-state index in [1.807, 2.05) is 19.9 Å². The van der Waals surface area contributed by atoms with Gasteiger partial charge < -0.3 is 14.0 Å². The maximum Gasteiger partial charge on any atom is 0.306 e. The van der Waals surface area contributed by atoms with E-state index in [-0.39, 0.29) is 24.4 Å². The molecular weight excluding hydrogens is 447 g/mol. The van der Waals surface area contributed by atoms with Gasteiger partial charge in [-0.1, -0.05) is 22.8 Å². The molecular formula is C25H24ClFN2O4. The minimum atomic E-state index is -0.405. The molecule has 0 saturated carbocycles. The van der Waals surface area contributed by atoms with Gasteiger partial charge in [0, 0.05) is 17.5 Å². The normalized spacial score (nSPS) is 12.6. The van der Waals surface area contributed by atoms with E-state index in [1.165, 1.54) is 12.1 Å². The fraction of sp³-hybridized carbons (Fsp3) is 0.320. The predicted molar refractivity (Wildman–Crippen MR) is 123 cm³/mol. The van der Waals surface area contributed by atoms with Crippen molar-refractivity contribution >= 4 is 23.1 Å². The standard InChI is InChI=1S/C25H24ClFN2O4/c1-4-31-23(30)10-7-15-5-8-18-19(15)12-17(27)13-20(18)24-28-25(33-29-24)16-6-9-22(21(26)11-16)32-14(2)3/h5-6,9,11-14H,4,7-8,10H2,1-3H3. The Hall–Kier alpha value is -3.19. The Bertz CT molecular complexity index is 1220. The summed E-state index contributed by atoms with van der Waals surface area (Å²) < 4.78 is 30.6. The van der Waals surface area contributed by atoms with Crippen molar-refractivity contribution in [3.05, 3.63) is 58.4 Å². The first-order chi connectivity index (χ1) is 15.9. The molecule has 172 valence electrons. The Morgan fingerprint density at radius 1 is 1.24 bits per heavy atom. The van der Waals surface area contributed by atoms with Crippen molar-refractivity contribution in [2.45, 2.75) is 46.1 Å². The number of allylic oxidation sites excluding steroid dienone is 2. The summed E-state index contributed by atoms with van der Waals surface area (Å²) in [5.74, 6) is 0.459. The molecule has 0 amide bonds. The second-order valence-electron chi connectivity index (χ2n) is 7.95. The van der Waals surface area contributed by atoms with Crippen LogP contribution in [0.25, 0.3) is 28.4 Å². The van der Waals surface area contributed by atoms with Gasteiger partial charge in [-0.15, -0.1) is 0 Å². The molecule has 0 spiro atoms. The first-order valence-electron chi connectivity index (χ1n) is 10.8. The lowest BCUT2D eigenvalue weighted by Crippen LogP contribution is -2.05. The highest BCUT2D eigenvalue weighted by Crippen LogP contribution is 2.38. The van der Waals surface area contributed by atoms with Gasteiger partial charge in [0.25, 0.3) is 5.89 Å². The zero-order valence-corrected chi connectivity index (χ0v) is 19.4. The van der Waals surface area contributed by atoms with E-state index in [4.69, 9.17) is 25.6 Å². The average molecular weight is 471 g/mol. The molecule has 1 aromatic heterocycles. The molecule has 0 fully saturated rings. The second-order valence-corrected chi connectivity index (χ2v) is 8.36. The quantitative estimate of drug-likeness (QED) is 0.361. The topological polar surface area (TPSA) is 74.5 Å². The second kappa shape index (κ2) is 9.75.